The normalized spacial score (nSPS) is 14.7. The Kier molecular flexibility index (Phi) is 5.93. The first-order valence-corrected chi connectivity index (χ1v) is 5.00. The summed E-state index contributed by atoms with van der Waals surface area (Å²) in [6.07, 6.45) is -0.0575. The first-order chi connectivity index (χ1) is 6.93. The highest BCUT2D eigenvalue weighted by atomic mass is 16.5. The van der Waals surface area contributed by atoms with Gasteiger partial charge >= 0.3 is 5.97 Å². The van der Waals surface area contributed by atoms with Crippen molar-refractivity contribution in [3.63, 3.8) is 0 Å². The molecule has 88 valence electrons. The molecule has 0 fully saturated rings. The van der Waals surface area contributed by atoms with Crippen molar-refractivity contribution in [3.05, 3.63) is 0 Å². The highest BCUT2D eigenvalue weighted by molar-refractivity contribution is 5.86. The first-order valence-electron chi connectivity index (χ1n) is 5.00. The van der Waals surface area contributed by atoms with Crippen molar-refractivity contribution in [3.8, 4) is 0 Å². The number of rotatable bonds is 6. The second-order valence-corrected chi connectivity index (χ2v) is 3.70. The number of hydrogen-bond acceptors (Lipinski definition) is 3. The van der Waals surface area contributed by atoms with Crippen LogP contribution >= 0.6 is 0 Å². The van der Waals surface area contributed by atoms with Crippen LogP contribution in [0.15, 0.2) is 0 Å². The molecule has 1 unspecified atom stereocenters. The van der Waals surface area contributed by atoms with Crippen LogP contribution in [-0.4, -0.2) is 36.2 Å². The van der Waals surface area contributed by atoms with E-state index in [1.54, 1.807) is 20.8 Å². The molecule has 2 atom stereocenters. The quantitative estimate of drug-likeness (QED) is 0.684. The maximum atomic E-state index is 11.5. The van der Waals surface area contributed by atoms with E-state index >= 15 is 0 Å². The third-order valence-electron chi connectivity index (χ3n) is 2.18. The lowest BCUT2D eigenvalue weighted by Crippen LogP contribution is -2.48. The van der Waals surface area contributed by atoms with Gasteiger partial charge in [-0.25, -0.2) is 4.79 Å². The molecule has 0 aromatic rings. The Morgan fingerprint density at radius 1 is 1.40 bits per heavy atom. The van der Waals surface area contributed by atoms with Crippen LogP contribution in [0.4, 0.5) is 0 Å². The average Bonchev–Trinajstić information content (AvgIpc) is 2.15. The average molecular weight is 217 g/mol. The van der Waals surface area contributed by atoms with Gasteiger partial charge in [0.2, 0.25) is 5.91 Å². The van der Waals surface area contributed by atoms with E-state index in [1.165, 1.54) is 7.11 Å². The van der Waals surface area contributed by atoms with E-state index in [4.69, 9.17) is 9.84 Å². The number of nitrogens with one attached hydrogen (secondary N) is 1. The first kappa shape index (κ1) is 13.9. The molecular formula is C10H19NO4. The number of carboxylic acid groups (broad SMARTS) is 1. The van der Waals surface area contributed by atoms with Gasteiger partial charge in [-0.1, -0.05) is 20.8 Å². The van der Waals surface area contributed by atoms with E-state index < -0.39 is 18.1 Å². The van der Waals surface area contributed by atoms with Gasteiger partial charge in [0, 0.05) is 7.11 Å². The second kappa shape index (κ2) is 6.40. The SMILES string of the molecule is CCC(OC)C(=O)N[C@H](C(=O)O)C(C)C. The Labute approximate surface area is 89.8 Å². The van der Waals surface area contributed by atoms with Gasteiger partial charge in [-0.2, -0.15) is 0 Å². The summed E-state index contributed by atoms with van der Waals surface area (Å²) in [5.74, 6) is -1.55. The van der Waals surface area contributed by atoms with E-state index in [1.807, 2.05) is 0 Å². The van der Waals surface area contributed by atoms with Crippen LogP contribution in [0.3, 0.4) is 0 Å². The molecule has 0 aromatic heterocycles. The zero-order valence-electron chi connectivity index (χ0n) is 9.61. The van der Waals surface area contributed by atoms with Gasteiger partial charge in [0.15, 0.2) is 0 Å². The molecule has 2 N–H and O–H groups in total. The van der Waals surface area contributed by atoms with E-state index in [0.717, 1.165) is 0 Å². The second-order valence-electron chi connectivity index (χ2n) is 3.70. The maximum absolute atomic E-state index is 11.5. The third-order valence-corrected chi connectivity index (χ3v) is 2.18. The topological polar surface area (TPSA) is 75.6 Å². The molecular weight excluding hydrogens is 198 g/mol. The molecule has 5 nitrogen and oxygen atoms in total. The third kappa shape index (κ3) is 4.29. The van der Waals surface area contributed by atoms with Crippen molar-refractivity contribution < 1.29 is 19.4 Å². The van der Waals surface area contributed by atoms with Crippen LogP contribution in [0.2, 0.25) is 0 Å². The number of methoxy groups -OCH3 is 1. The Morgan fingerprint density at radius 3 is 2.20 bits per heavy atom. The number of carbonyl (C=O) groups is 2. The van der Waals surface area contributed by atoms with Crippen LogP contribution in [0, 0.1) is 5.92 Å². The van der Waals surface area contributed by atoms with E-state index in [2.05, 4.69) is 5.32 Å². The summed E-state index contributed by atoms with van der Waals surface area (Å²) in [4.78, 5) is 22.3. The van der Waals surface area contributed by atoms with Crippen molar-refractivity contribution in [1.29, 1.82) is 0 Å². The van der Waals surface area contributed by atoms with E-state index in [-0.39, 0.29) is 11.8 Å². The van der Waals surface area contributed by atoms with E-state index in [0.29, 0.717) is 6.42 Å². The predicted molar refractivity (Wildman–Crippen MR) is 55.5 cm³/mol. The minimum Gasteiger partial charge on any atom is -0.480 e. The summed E-state index contributed by atoms with van der Waals surface area (Å²) in [6.45, 7) is 5.29. The maximum Gasteiger partial charge on any atom is 0.326 e. The van der Waals surface area contributed by atoms with Crippen molar-refractivity contribution in [2.45, 2.75) is 39.3 Å². The summed E-state index contributed by atoms with van der Waals surface area (Å²) in [5, 5.41) is 11.3. The van der Waals surface area contributed by atoms with Crippen molar-refractivity contribution in [2.24, 2.45) is 5.92 Å². The molecule has 0 radical (unpaired) electrons. The monoisotopic (exact) mass is 217 g/mol. The van der Waals surface area contributed by atoms with Crippen molar-refractivity contribution >= 4 is 11.9 Å². The molecule has 0 rings (SSSR count). The van der Waals surface area contributed by atoms with Gasteiger partial charge in [-0.05, 0) is 12.3 Å². The smallest absolute Gasteiger partial charge is 0.326 e. The van der Waals surface area contributed by atoms with Crippen molar-refractivity contribution in [1.82, 2.24) is 5.32 Å². The Hall–Kier alpha value is -1.10. The summed E-state index contributed by atoms with van der Waals surface area (Å²) in [6, 6.07) is -0.860. The Bertz CT molecular complexity index is 223. The highest BCUT2D eigenvalue weighted by Crippen LogP contribution is 2.04. The van der Waals surface area contributed by atoms with Crippen LogP contribution in [0.25, 0.3) is 0 Å². The Balaban J connectivity index is 4.41. The number of carbonyl (C=O) groups excluding carboxylic acids is 1. The molecule has 15 heavy (non-hydrogen) atoms. The minimum absolute atomic E-state index is 0.152. The standard InChI is InChI=1S/C10H19NO4/c1-5-7(15-4)9(12)11-8(6(2)3)10(13)14/h6-8H,5H2,1-4H3,(H,11,12)(H,13,14)/t7?,8-/m0/s1. The zero-order chi connectivity index (χ0) is 12.0. The van der Waals surface area contributed by atoms with Crippen LogP contribution in [-0.2, 0) is 14.3 Å². The van der Waals surface area contributed by atoms with Crippen molar-refractivity contribution in [2.75, 3.05) is 7.11 Å². The van der Waals surface area contributed by atoms with E-state index in [9.17, 15) is 9.59 Å². The molecule has 0 bridgehead atoms. The Morgan fingerprint density at radius 2 is 1.93 bits per heavy atom. The molecule has 1 amide bonds. The number of amides is 1. The molecule has 0 saturated heterocycles. The fourth-order valence-electron chi connectivity index (χ4n) is 1.22. The fourth-order valence-corrected chi connectivity index (χ4v) is 1.22. The van der Waals surface area contributed by atoms with Gasteiger partial charge in [0.05, 0.1) is 0 Å². The number of aliphatic carboxylic acids is 1. The molecule has 0 heterocycles. The van der Waals surface area contributed by atoms with Crippen LogP contribution in [0.5, 0.6) is 0 Å². The largest absolute Gasteiger partial charge is 0.480 e. The molecule has 0 aliphatic rings. The van der Waals surface area contributed by atoms with Gasteiger partial charge in [0.25, 0.3) is 0 Å². The number of ether oxygens (including phenoxy) is 1. The molecule has 0 aromatic carbocycles. The zero-order valence-corrected chi connectivity index (χ0v) is 9.61. The van der Waals surface area contributed by atoms with Gasteiger partial charge in [-0.3, -0.25) is 4.79 Å². The van der Waals surface area contributed by atoms with Gasteiger partial charge in [-0.15, -0.1) is 0 Å². The summed E-state index contributed by atoms with van der Waals surface area (Å²) in [5.41, 5.74) is 0. The molecule has 0 aliphatic heterocycles. The fraction of sp³-hybridized carbons (Fsp3) is 0.800. The molecule has 5 heteroatoms. The lowest BCUT2D eigenvalue weighted by Gasteiger charge is -2.20. The van der Waals surface area contributed by atoms with Gasteiger partial charge < -0.3 is 15.2 Å². The van der Waals surface area contributed by atoms with Gasteiger partial charge in [0.1, 0.15) is 12.1 Å². The summed E-state index contributed by atoms with van der Waals surface area (Å²) in [7, 11) is 1.43. The molecule has 0 spiro atoms. The molecule has 0 aliphatic carbocycles. The summed E-state index contributed by atoms with van der Waals surface area (Å²) < 4.78 is 4.92. The predicted octanol–water partition coefficient (Wildman–Crippen LogP) is 0.637. The van der Waals surface area contributed by atoms with Crippen LogP contribution in [0.1, 0.15) is 27.2 Å². The molecule has 0 saturated carbocycles. The summed E-state index contributed by atoms with van der Waals surface area (Å²) >= 11 is 0. The lowest BCUT2D eigenvalue weighted by molar-refractivity contribution is -0.145. The number of carboxylic acids is 1. The number of hydrogen-bond donors (Lipinski definition) is 2. The van der Waals surface area contributed by atoms with Crippen LogP contribution < -0.4 is 5.32 Å². The highest BCUT2D eigenvalue weighted by Gasteiger charge is 2.26. The lowest BCUT2D eigenvalue weighted by atomic mass is 10.0. The minimum atomic E-state index is -1.02.